The third kappa shape index (κ3) is 7.85. The Kier molecular flexibility index (Phi) is 8.37. The molecule has 148 valence electrons. The summed E-state index contributed by atoms with van der Waals surface area (Å²) in [5, 5.41) is 9.26. The second-order valence-corrected chi connectivity index (χ2v) is 7.41. The molecule has 27 heavy (non-hydrogen) atoms. The monoisotopic (exact) mass is 374 g/mol. The van der Waals surface area contributed by atoms with E-state index in [0.717, 1.165) is 36.8 Å². The van der Waals surface area contributed by atoms with Gasteiger partial charge in [-0.05, 0) is 69.1 Å². The van der Waals surface area contributed by atoms with Gasteiger partial charge in [-0.2, -0.15) is 0 Å². The van der Waals surface area contributed by atoms with E-state index >= 15 is 0 Å². The zero-order valence-electron chi connectivity index (χ0n) is 16.3. The molecule has 0 heterocycles. The maximum absolute atomic E-state index is 11.9. The van der Waals surface area contributed by atoms with E-state index in [1.54, 1.807) is 24.3 Å². The number of hydrogen-bond donors (Lipinski definition) is 1. The number of phenolic OH excluding ortho intramolecular Hbond substituents is 1. The number of hydrogen-bond acceptors (Lipinski definition) is 5. The van der Waals surface area contributed by atoms with Gasteiger partial charge in [-0.3, -0.25) is 9.59 Å². The number of esters is 2. The van der Waals surface area contributed by atoms with Gasteiger partial charge in [-0.15, -0.1) is 0 Å². The van der Waals surface area contributed by atoms with E-state index < -0.39 is 0 Å². The summed E-state index contributed by atoms with van der Waals surface area (Å²) in [4.78, 5) is 23.7. The lowest BCUT2D eigenvalue weighted by atomic mass is 9.83. The van der Waals surface area contributed by atoms with Gasteiger partial charge >= 0.3 is 11.9 Å². The highest BCUT2D eigenvalue weighted by atomic mass is 16.5. The van der Waals surface area contributed by atoms with Crippen LogP contribution in [0.3, 0.4) is 0 Å². The molecule has 0 unspecified atom stereocenters. The maximum atomic E-state index is 11.9. The number of phenols is 1. The Morgan fingerprint density at radius 3 is 2.04 bits per heavy atom. The summed E-state index contributed by atoms with van der Waals surface area (Å²) < 4.78 is 10.8. The molecule has 1 aromatic carbocycles. The Morgan fingerprint density at radius 2 is 1.52 bits per heavy atom. The van der Waals surface area contributed by atoms with Crippen LogP contribution in [0.4, 0.5) is 0 Å². The summed E-state index contributed by atoms with van der Waals surface area (Å²) in [6.07, 6.45) is 6.48. The Labute approximate surface area is 161 Å². The number of ether oxygens (including phenoxy) is 2. The first-order valence-corrected chi connectivity index (χ1v) is 9.67. The van der Waals surface area contributed by atoms with Crippen LogP contribution >= 0.6 is 0 Å². The zero-order chi connectivity index (χ0) is 19.6. The van der Waals surface area contributed by atoms with E-state index in [0.29, 0.717) is 31.5 Å². The predicted molar refractivity (Wildman–Crippen MR) is 103 cm³/mol. The topological polar surface area (TPSA) is 72.8 Å². The van der Waals surface area contributed by atoms with Crippen LogP contribution in [0.25, 0.3) is 0 Å². The van der Waals surface area contributed by atoms with Crippen molar-refractivity contribution in [1.82, 2.24) is 0 Å². The molecule has 2 rings (SSSR count). The van der Waals surface area contributed by atoms with Crippen molar-refractivity contribution in [2.45, 2.75) is 52.4 Å². The summed E-state index contributed by atoms with van der Waals surface area (Å²) >= 11 is 0. The van der Waals surface area contributed by atoms with Crippen LogP contribution in [0, 0.1) is 11.8 Å². The summed E-state index contributed by atoms with van der Waals surface area (Å²) in [5.41, 5.74) is 1.86. The lowest BCUT2D eigenvalue weighted by Crippen LogP contribution is -2.24. The highest BCUT2D eigenvalue weighted by Gasteiger charge is 2.23. The standard InChI is InChI=1S/C22H30O5/c1-3-16(2)12-21(24)26-14-18-4-6-19(7-5-18)15-27-22(25)13-17-8-10-20(23)11-9-17/h3,8-11,18-19,23H,4-7,12-15H2,1-2H3/b16-3+. The third-order valence-corrected chi connectivity index (χ3v) is 5.13. The van der Waals surface area contributed by atoms with Crippen molar-refractivity contribution < 1.29 is 24.2 Å². The van der Waals surface area contributed by atoms with E-state index in [9.17, 15) is 14.7 Å². The van der Waals surface area contributed by atoms with Crippen molar-refractivity contribution in [3.63, 3.8) is 0 Å². The van der Waals surface area contributed by atoms with Crippen LogP contribution in [0.1, 0.15) is 51.5 Å². The molecule has 0 spiro atoms. The highest BCUT2D eigenvalue weighted by molar-refractivity contribution is 5.72. The van der Waals surface area contributed by atoms with Crippen molar-refractivity contribution in [3.05, 3.63) is 41.5 Å². The molecule has 1 N–H and O–H groups in total. The van der Waals surface area contributed by atoms with Crippen LogP contribution < -0.4 is 0 Å². The second kappa shape index (κ2) is 10.8. The third-order valence-electron chi connectivity index (χ3n) is 5.13. The minimum absolute atomic E-state index is 0.157. The molecule has 5 nitrogen and oxygen atoms in total. The molecule has 0 aliphatic heterocycles. The Balaban J connectivity index is 1.61. The lowest BCUT2D eigenvalue weighted by Gasteiger charge is -2.27. The Morgan fingerprint density at radius 1 is 1.00 bits per heavy atom. The molecule has 1 saturated carbocycles. The lowest BCUT2D eigenvalue weighted by molar-refractivity contribution is -0.146. The van der Waals surface area contributed by atoms with Crippen LogP contribution in [0.5, 0.6) is 5.75 Å². The normalized spacial score (nSPS) is 20.1. The van der Waals surface area contributed by atoms with Gasteiger partial charge in [-0.1, -0.05) is 23.8 Å². The average Bonchev–Trinajstić information content (AvgIpc) is 2.67. The minimum atomic E-state index is -0.240. The van der Waals surface area contributed by atoms with Crippen LogP contribution in [0.15, 0.2) is 35.9 Å². The molecule has 1 fully saturated rings. The fourth-order valence-electron chi connectivity index (χ4n) is 3.20. The van der Waals surface area contributed by atoms with Crippen molar-refractivity contribution in [1.29, 1.82) is 0 Å². The maximum Gasteiger partial charge on any atom is 0.310 e. The zero-order valence-corrected chi connectivity index (χ0v) is 16.3. The number of carbonyl (C=O) groups is 2. The SMILES string of the molecule is C/C=C(\C)CC(=O)OCC1CCC(COC(=O)Cc2ccc(O)cc2)CC1. The number of aromatic hydroxyl groups is 1. The molecule has 0 bridgehead atoms. The number of rotatable bonds is 8. The molecule has 1 aliphatic carbocycles. The molecule has 5 heteroatoms. The molecule has 0 aromatic heterocycles. The predicted octanol–water partition coefficient (Wildman–Crippen LogP) is 4.18. The molecule has 0 amide bonds. The van der Waals surface area contributed by atoms with Gasteiger partial charge in [0.05, 0.1) is 26.1 Å². The fourth-order valence-corrected chi connectivity index (χ4v) is 3.20. The Hall–Kier alpha value is -2.30. The van der Waals surface area contributed by atoms with Gasteiger partial charge in [-0.25, -0.2) is 0 Å². The van der Waals surface area contributed by atoms with Crippen molar-refractivity contribution in [2.75, 3.05) is 13.2 Å². The smallest absolute Gasteiger partial charge is 0.310 e. The minimum Gasteiger partial charge on any atom is -0.508 e. The molecular formula is C22H30O5. The first kappa shape index (κ1) is 21.0. The number of allylic oxidation sites excluding steroid dienone is 1. The van der Waals surface area contributed by atoms with Gasteiger partial charge in [0.2, 0.25) is 0 Å². The van der Waals surface area contributed by atoms with Gasteiger partial charge in [0.15, 0.2) is 0 Å². The van der Waals surface area contributed by atoms with Crippen LogP contribution in [-0.2, 0) is 25.5 Å². The summed E-state index contributed by atoms with van der Waals surface area (Å²) in [7, 11) is 0. The van der Waals surface area contributed by atoms with E-state index in [2.05, 4.69) is 0 Å². The highest BCUT2D eigenvalue weighted by Crippen LogP contribution is 2.29. The van der Waals surface area contributed by atoms with Crippen LogP contribution in [-0.4, -0.2) is 30.3 Å². The molecule has 0 saturated heterocycles. The summed E-state index contributed by atoms with van der Waals surface area (Å²) in [6, 6.07) is 6.58. The van der Waals surface area contributed by atoms with Crippen molar-refractivity contribution in [2.24, 2.45) is 11.8 Å². The quantitative estimate of drug-likeness (QED) is 0.546. The largest absolute Gasteiger partial charge is 0.508 e. The molecule has 1 aromatic rings. The summed E-state index contributed by atoms with van der Waals surface area (Å²) in [5.74, 6) is 0.577. The van der Waals surface area contributed by atoms with Crippen LogP contribution in [0.2, 0.25) is 0 Å². The molecular weight excluding hydrogens is 344 g/mol. The van der Waals surface area contributed by atoms with Gasteiger partial charge < -0.3 is 14.6 Å². The van der Waals surface area contributed by atoms with Crippen molar-refractivity contribution in [3.8, 4) is 5.75 Å². The molecule has 1 aliphatic rings. The average molecular weight is 374 g/mol. The van der Waals surface area contributed by atoms with E-state index in [1.807, 2.05) is 19.9 Å². The molecule has 0 atom stereocenters. The summed E-state index contributed by atoms with van der Waals surface area (Å²) in [6.45, 7) is 4.78. The second-order valence-electron chi connectivity index (χ2n) is 7.41. The van der Waals surface area contributed by atoms with Gasteiger partial charge in [0.25, 0.3) is 0 Å². The van der Waals surface area contributed by atoms with Crippen molar-refractivity contribution >= 4 is 11.9 Å². The van der Waals surface area contributed by atoms with E-state index in [1.165, 1.54) is 0 Å². The van der Waals surface area contributed by atoms with Gasteiger partial charge in [0, 0.05) is 0 Å². The Bertz CT molecular complexity index is 639. The fraction of sp³-hybridized carbons (Fsp3) is 0.545. The first-order chi connectivity index (χ1) is 13.0. The van der Waals surface area contributed by atoms with E-state index in [-0.39, 0.29) is 24.1 Å². The van der Waals surface area contributed by atoms with Gasteiger partial charge in [0.1, 0.15) is 5.75 Å². The number of benzene rings is 1. The molecule has 0 radical (unpaired) electrons. The van der Waals surface area contributed by atoms with E-state index in [4.69, 9.17) is 9.47 Å². The first-order valence-electron chi connectivity index (χ1n) is 9.67. The number of carbonyl (C=O) groups excluding carboxylic acids is 2.